The van der Waals surface area contributed by atoms with E-state index in [9.17, 15) is 0 Å². The van der Waals surface area contributed by atoms with Crippen LogP contribution in [0.4, 0.5) is 5.69 Å². The van der Waals surface area contributed by atoms with Crippen molar-refractivity contribution in [3.05, 3.63) is 44.6 Å². The van der Waals surface area contributed by atoms with E-state index in [1.807, 2.05) is 29.5 Å². The van der Waals surface area contributed by atoms with Gasteiger partial charge in [-0.3, -0.25) is 0 Å². The normalized spacial score (nSPS) is 10.5. The van der Waals surface area contributed by atoms with Crippen LogP contribution in [-0.2, 0) is 6.54 Å². The molecule has 2 rings (SSSR count). The van der Waals surface area contributed by atoms with Crippen molar-refractivity contribution in [2.45, 2.75) is 26.8 Å². The maximum Gasteiger partial charge on any atom is 0.121 e. The van der Waals surface area contributed by atoms with Gasteiger partial charge in [0, 0.05) is 32.5 Å². The highest BCUT2D eigenvalue weighted by atomic mass is 79.9. The predicted molar refractivity (Wildman–Crippen MR) is 86.3 cm³/mol. The molecule has 1 heterocycles. The average molecular weight is 340 g/mol. The minimum absolute atomic E-state index is 0.764. The number of thiophene rings is 1. The second-order valence-electron chi connectivity index (χ2n) is 4.35. The molecule has 1 aromatic heterocycles. The summed E-state index contributed by atoms with van der Waals surface area (Å²) in [6.07, 6.45) is 1.03. The topological polar surface area (TPSA) is 21.3 Å². The molecule has 0 saturated carbocycles. The van der Waals surface area contributed by atoms with Gasteiger partial charge in [-0.25, -0.2) is 0 Å². The molecular formula is C15H18BrNOS. The van der Waals surface area contributed by atoms with Crippen molar-refractivity contribution in [3.8, 4) is 5.75 Å². The number of aryl methyl sites for hydroxylation is 1. The third-order valence-electron chi connectivity index (χ3n) is 2.68. The number of nitrogens with one attached hydrogen (secondary N) is 1. The molecule has 0 bridgehead atoms. The first kappa shape index (κ1) is 14.4. The summed E-state index contributed by atoms with van der Waals surface area (Å²) in [7, 11) is 0. The first-order valence-corrected chi connectivity index (χ1v) is 8.01. The molecule has 2 nitrogen and oxygen atoms in total. The molecule has 1 N–H and O–H groups in total. The van der Waals surface area contributed by atoms with Crippen molar-refractivity contribution in [3.63, 3.8) is 0 Å². The van der Waals surface area contributed by atoms with Crippen LogP contribution in [0.15, 0.2) is 34.8 Å². The molecule has 0 aliphatic heterocycles. The van der Waals surface area contributed by atoms with Gasteiger partial charge in [0.05, 0.1) is 6.61 Å². The molecule has 19 heavy (non-hydrogen) atoms. The van der Waals surface area contributed by atoms with Gasteiger partial charge in [-0.2, -0.15) is 0 Å². The molecule has 0 radical (unpaired) electrons. The van der Waals surface area contributed by atoms with Gasteiger partial charge in [0.15, 0.2) is 0 Å². The summed E-state index contributed by atoms with van der Waals surface area (Å²) in [5, 5.41) is 3.43. The minimum atomic E-state index is 0.764. The summed E-state index contributed by atoms with van der Waals surface area (Å²) in [5.41, 5.74) is 1.09. The summed E-state index contributed by atoms with van der Waals surface area (Å²) >= 11 is 5.36. The van der Waals surface area contributed by atoms with Crippen molar-refractivity contribution in [1.82, 2.24) is 0 Å². The summed E-state index contributed by atoms with van der Waals surface area (Å²) in [6.45, 7) is 5.84. The predicted octanol–water partition coefficient (Wildman–Crippen LogP) is 5.22. The van der Waals surface area contributed by atoms with E-state index < -0.39 is 0 Å². The standard InChI is InChI=1S/C15H18BrNOS/c1-3-7-18-13-6-4-5-12(8-13)17-10-14-9-15(16)11(2)19-14/h4-6,8-9,17H,3,7,10H2,1-2H3. The molecule has 0 aliphatic rings. The fourth-order valence-electron chi connectivity index (χ4n) is 1.71. The third kappa shape index (κ3) is 4.25. The van der Waals surface area contributed by atoms with Gasteiger partial charge in [0.2, 0.25) is 0 Å². The summed E-state index contributed by atoms with van der Waals surface area (Å²) in [5.74, 6) is 0.926. The summed E-state index contributed by atoms with van der Waals surface area (Å²) in [6, 6.07) is 10.3. The molecule has 0 saturated heterocycles. The number of hydrogen-bond donors (Lipinski definition) is 1. The summed E-state index contributed by atoms with van der Waals surface area (Å²) < 4.78 is 6.82. The van der Waals surface area contributed by atoms with E-state index in [-0.39, 0.29) is 0 Å². The molecule has 0 unspecified atom stereocenters. The van der Waals surface area contributed by atoms with Crippen LogP contribution in [0.25, 0.3) is 0 Å². The third-order valence-corrected chi connectivity index (χ3v) is 4.82. The van der Waals surface area contributed by atoms with E-state index in [4.69, 9.17) is 4.74 Å². The molecule has 0 amide bonds. The lowest BCUT2D eigenvalue weighted by Crippen LogP contribution is -1.99. The lowest BCUT2D eigenvalue weighted by Gasteiger charge is -2.08. The van der Waals surface area contributed by atoms with Crippen molar-refractivity contribution in [1.29, 1.82) is 0 Å². The molecule has 0 fully saturated rings. The lowest BCUT2D eigenvalue weighted by atomic mass is 10.3. The van der Waals surface area contributed by atoms with E-state index in [0.717, 1.165) is 31.0 Å². The smallest absolute Gasteiger partial charge is 0.121 e. The average Bonchev–Trinajstić information content (AvgIpc) is 2.74. The van der Waals surface area contributed by atoms with Crippen molar-refractivity contribution >= 4 is 33.0 Å². The van der Waals surface area contributed by atoms with E-state index in [2.05, 4.69) is 47.2 Å². The molecule has 2 aromatic rings. The molecule has 102 valence electrons. The maximum absolute atomic E-state index is 5.63. The van der Waals surface area contributed by atoms with Crippen molar-refractivity contribution < 1.29 is 4.74 Å². The van der Waals surface area contributed by atoms with E-state index >= 15 is 0 Å². The number of hydrogen-bond acceptors (Lipinski definition) is 3. The Labute approximate surface area is 126 Å². The fraction of sp³-hybridized carbons (Fsp3) is 0.333. The largest absolute Gasteiger partial charge is 0.494 e. The van der Waals surface area contributed by atoms with Gasteiger partial charge in [-0.1, -0.05) is 13.0 Å². The Balaban J connectivity index is 1.95. The van der Waals surface area contributed by atoms with Crippen LogP contribution in [0.2, 0.25) is 0 Å². The van der Waals surface area contributed by atoms with Crippen LogP contribution in [0.1, 0.15) is 23.1 Å². The van der Waals surface area contributed by atoms with Gasteiger partial charge in [-0.15, -0.1) is 11.3 Å². The van der Waals surface area contributed by atoms with E-state index in [1.165, 1.54) is 14.2 Å². The number of halogens is 1. The second-order valence-corrected chi connectivity index (χ2v) is 6.54. The number of anilines is 1. The quantitative estimate of drug-likeness (QED) is 0.778. The lowest BCUT2D eigenvalue weighted by molar-refractivity contribution is 0.317. The Morgan fingerprint density at radius 3 is 2.84 bits per heavy atom. The molecule has 4 heteroatoms. The Hall–Kier alpha value is -1.000. The Morgan fingerprint density at radius 2 is 2.16 bits per heavy atom. The molecule has 0 aliphatic carbocycles. The number of benzene rings is 1. The van der Waals surface area contributed by atoms with Gasteiger partial charge < -0.3 is 10.1 Å². The van der Waals surface area contributed by atoms with Crippen molar-refractivity contribution in [2.75, 3.05) is 11.9 Å². The second kappa shape index (κ2) is 6.96. The highest BCUT2D eigenvalue weighted by molar-refractivity contribution is 9.10. The summed E-state index contributed by atoms with van der Waals surface area (Å²) in [4.78, 5) is 2.64. The Morgan fingerprint density at radius 1 is 1.32 bits per heavy atom. The monoisotopic (exact) mass is 339 g/mol. The van der Waals surface area contributed by atoms with Gasteiger partial charge >= 0.3 is 0 Å². The fourth-order valence-corrected chi connectivity index (χ4v) is 3.25. The minimum Gasteiger partial charge on any atom is -0.494 e. The van der Waals surface area contributed by atoms with Crippen LogP contribution in [0, 0.1) is 6.92 Å². The zero-order chi connectivity index (χ0) is 13.7. The van der Waals surface area contributed by atoms with Crippen LogP contribution in [0.3, 0.4) is 0 Å². The van der Waals surface area contributed by atoms with Crippen LogP contribution in [0.5, 0.6) is 5.75 Å². The number of ether oxygens (including phenoxy) is 1. The highest BCUT2D eigenvalue weighted by Crippen LogP contribution is 2.27. The first-order chi connectivity index (χ1) is 9.19. The molecule has 0 atom stereocenters. The van der Waals surface area contributed by atoms with Crippen molar-refractivity contribution in [2.24, 2.45) is 0 Å². The number of rotatable bonds is 6. The van der Waals surface area contributed by atoms with Crippen LogP contribution < -0.4 is 10.1 Å². The zero-order valence-corrected chi connectivity index (χ0v) is 13.6. The highest BCUT2D eigenvalue weighted by Gasteiger charge is 2.03. The SMILES string of the molecule is CCCOc1cccc(NCc2cc(Br)c(C)s2)c1. The zero-order valence-electron chi connectivity index (χ0n) is 11.2. The van der Waals surface area contributed by atoms with Crippen LogP contribution >= 0.6 is 27.3 Å². The first-order valence-electron chi connectivity index (χ1n) is 6.40. The molecule has 1 aromatic carbocycles. The van der Waals surface area contributed by atoms with Crippen LogP contribution in [-0.4, -0.2) is 6.61 Å². The Bertz CT molecular complexity index is 519. The van der Waals surface area contributed by atoms with Gasteiger partial charge in [0.25, 0.3) is 0 Å². The van der Waals surface area contributed by atoms with Gasteiger partial charge in [-0.05, 0) is 47.5 Å². The van der Waals surface area contributed by atoms with E-state index in [1.54, 1.807) is 0 Å². The Kier molecular flexibility index (Phi) is 5.28. The van der Waals surface area contributed by atoms with E-state index in [0.29, 0.717) is 0 Å². The molecule has 0 spiro atoms. The maximum atomic E-state index is 5.63. The molecular weight excluding hydrogens is 322 g/mol. The van der Waals surface area contributed by atoms with Gasteiger partial charge in [0.1, 0.15) is 5.75 Å².